The second-order valence-corrected chi connectivity index (χ2v) is 8.18. The second kappa shape index (κ2) is 6.93. The molecule has 1 unspecified atom stereocenters. The van der Waals surface area contributed by atoms with E-state index in [-0.39, 0.29) is 6.04 Å². The fourth-order valence-corrected chi connectivity index (χ4v) is 5.02. The van der Waals surface area contributed by atoms with Crippen molar-refractivity contribution in [3.05, 3.63) is 29.8 Å². The van der Waals surface area contributed by atoms with E-state index in [0.29, 0.717) is 4.90 Å². The van der Waals surface area contributed by atoms with Crippen molar-refractivity contribution >= 4 is 21.8 Å². The predicted octanol–water partition coefficient (Wildman–Crippen LogP) is 1.57. The molecule has 1 saturated heterocycles. The molecule has 2 rings (SSSR count). The summed E-state index contributed by atoms with van der Waals surface area (Å²) in [6, 6.07) is 7.38. The largest absolute Gasteiger partial charge is 0.319 e. The van der Waals surface area contributed by atoms with E-state index in [2.05, 4.69) is 5.32 Å². The first-order valence-corrected chi connectivity index (χ1v) is 9.44. The summed E-state index contributed by atoms with van der Waals surface area (Å²) in [6.45, 7) is 0.894. The first kappa shape index (κ1) is 15.8. The third-order valence-electron chi connectivity index (χ3n) is 3.68. The van der Waals surface area contributed by atoms with Gasteiger partial charge < -0.3 is 5.32 Å². The lowest BCUT2D eigenvalue weighted by Crippen LogP contribution is -2.36. The summed E-state index contributed by atoms with van der Waals surface area (Å²) in [6.07, 6.45) is 1.85. The van der Waals surface area contributed by atoms with E-state index in [0.717, 1.165) is 36.5 Å². The second-order valence-electron chi connectivity index (χ2n) is 5.04. The first-order chi connectivity index (χ1) is 9.55. The topological polar surface area (TPSA) is 49.4 Å². The van der Waals surface area contributed by atoms with Crippen molar-refractivity contribution in [3.8, 4) is 0 Å². The molecule has 0 radical (unpaired) electrons. The van der Waals surface area contributed by atoms with Gasteiger partial charge in [0.1, 0.15) is 0 Å². The molecule has 0 aromatic heterocycles. The highest BCUT2D eigenvalue weighted by Gasteiger charge is 2.30. The van der Waals surface area contributed by atoms with Gasteiger partial charge in [0.05, 0.1) is 4.90 Å². The van der Waals surface area contributed by atoms with Crippen LogP contribution in [0.5, 0.6) is 0 Å². The Bertz CT molecular complexity index is 523. The summed E-state index contributed by atoms with van der Waals surface area (Å²) in [5.74, 6) is 1.95. The maximum Gasteiger partial charge on any atom is 0.243 e. The smallest absolute Gasteiger partial charge is 0.243 e. The third kappa shape index (κ3) is 3.55. The Morgan fingerprint density at radius 1 is 1.35 bits per heavy atom. The Balaban J connectivity index is 2.12. The zero-order valence-electron chi connectivity index (χ0n) is 12.0. The number of sulfonamides is 1. The molecule has 1 fully saturated rings. The zero-order chi connectivity index (χ0) is 14.6. The number of likely N-dealkylation sites (N-methyl/N-ethyl adjacent to an activating group) is 1. The number of nitrogens with one attached hydrogen (secondary N) is 1. The monoisotopic (exact) mass is 314 g/mol. The molecule has 0 saturated carbocycles. The van der Waals surface area contributed by atoms with Crippen LogP contribution in [0.1, 0.15) is 12.0 Å². The van der Waals surface area contributed by atoms with E-state index in [9.17, 15) is 8.42 Å². The van der Waals surface area contributed by atoms with Gasteiger partial charge in [-0.3, -0.25) is 0 Å². The van der Waals surface area contributed by atoms with E-state index in [1.165, 1.54) is 4.31 Å². The number of thioether (sulfide) groups is 1. The molecule has 1 aromatic carbocycles. The molecule has 1 aromatic rings. The lowest BCUT2D eigenvalue weighted by atomic mass is 10.1. The molecule has 1 heterocycles. The van der Waals surface area contributed by atoms with Crippen LogP contribution in [0.15, 0.2) is 29.2 Å². The maximum absolute atomic E-state index is 12.5. The van der Waals surface area contributed by atoms with Crippen LogP contribution in [0.3, 0.4) is 0 Å². The van der Waals surface area contributed by atoms with Gasteiger partial charge in [-0.2, -0.15) is 16.1 Å². The highest BCUT2D eigenvalue weighted by Crippen LogP contribution is 2.26. The van der Waals surface area contributed by atoms with Crippen LogP contribution < -0.4 is 5.32 Å². The molecule has 20 heavy (non-hydrogen) atoms. The summed E-state index contributed by atoms with van der Waals surface area (Å²) >= 11 is 1.82. The predicted molar refractivity (Wildman–Crippen MR) is 84.8 cm³/mol. The van der Waals surface area contributed by atoms with Crippen LogP contribution in [-0.2, 0) is 16.4 Å². The van der Waals surface area contributed by atoms with E-state index in [1.54, 1.807) is 19.2 Å². The van der Waals surface area contributed by atoms with Gasteiger partial charge in [-0.15, -0.1) is 0 Å². The van der Waals surface area contributed by atoms with Crippen LogP contribution in [0.4, 0.5) is 0 Å². The highest BCUT2D eigenvalue weighted by atomic mass is 32.2. The molecular weight excluding hydrogens is 292 g/mol. The quantitative estimate of drug-likeness (QED) is 0.866. The lowest BCUT2D eigenvalue weighted by molar-refractivity contribution is 0.394. The summed E-state index contributed by atoms with van der Waals surface area (Å²) in [4.78, 5) is 0.394. The molecule has 4 nitrogen and oxygen atoms in total. The average molecular weight is 314 g/mol. The van der Waals surface area contributed by atoms with Gasteiger partial charge >= 0.3 is 0 Å². The van der Waals surface area contributed by atoms with Gasteiger partial charge in [0.25, 0.3) is 0 Å². The van der Waals surface area contributed by atoms with Crippen molar-refractivity contribution in [3.63, 3.8) is 0 Å². The average Bonchev–Trinajstić information content (AvgIpc) is 2.98. The van der Waals surface area contributed by atoms with E-state index < -0.39 is 10.0 Å². The lowest BCUT2D eigenvalue weighted by Gasteiger charge is -2.23. The zero-order valence-corrected chi connectivity index (χ0v) is 13.6. The molecule has 112 valence electrons. The standard InChI is InChI=1S/C14H22N2O2S2/c1-15-9-7-12-3-5-14(6-4-12)20(17,18)16(2)13-8-10-19-11-13/h3-6,13,15H,7-11H2,1-2H3. The van der Waals surface area contributed by atoms with Gasteiger partial charge in [-0.05, 0) is 49.9 Å². The molecular formula is C14H22N2O2S2. The molecule has 1 atom stereocenters. The number of nitrogens with zero attached hydrogens (tertiary/aromatic N) is 1. The van der Waals surface area contributed by atoms with Gasteiger partial charge in [-0.1, -0.05) is 12.1 Å². The first-order valence-electron chi connectivity index (χ1n) is 6.85. The fourth-order valence-electron chi connectivity index (χ4n) is 2.27. The minimum absolute atomic E-state index is 0.133. The van der Waals surface area contributed by atoms with Crippen molar-refractivity contribution in [1.82, 2.24) is 9.62 Å². The van der Waals surface area contributed by atoms with Crippen molar-refractivity contribution in [2.24, 2.45) is 0 Å². The fraction of sp³-hybridized carbons (Fsp3) is 0.571. The van der Waals surface area contributed by atoms with E-state index in [1.807, 2.05) is 30.9 Å². The molecule has 1 aliphatic heterocycles. The Labute approximate surface area is 126 Å². The van der Waals surface area contributed by atoms with Crippen LogP contribution in [0, 0.1) is 0 Å². The third-order valence-corrected chi connectivity index (χ3v) is 6.75. The van der Waals surface area contributed by atoms with Gasteiger partial charge in [0, 0.05) is 18.8 Å². The molecule has 0 spiro atoms. The maximum atomic E-state index is 12.5. The van der Waals surface area contributed by atoms with Gasteiger partial charge in [0.15, 0.2) is 0 Å². The number of hydrogen-bond donors (Lipinski definition) is 1. The van der Waals surface area contributed by atoms with Crippen molar-refractivity contribution in [2.45, 2.75) is 23.8 Å². The minimum Gasteiger partial charge on any atom is -0.319 e. The van der Waals surface area contributed by atoms with Crippen LogP contribution in [0.25, 0.3) is 0 Å². The van der Waals surface area contributed by atoms with Crippen molar-refractivity contribution in [2.75, 3.05) is 32.1 Å². The van der Waals surface area contributed by atoms with Gasteiger partial charge in [-0.25, -0.2) is 8.42 Å². The Morgan fingerprint density at radius 2 is 2.05 bits per heavy atom. The van der Waals surface area contributed by atoms with Crippen molar-refractivity contribution in [1.29, 1.82) is 0 Å². The Hall–Kier alpha value is -0.560. The normalized spacial score (nSPS) is 19.6. The molecule has 1 N–H and O–H groups in total. The molecule has 0 bridgehead atoms. The highest BCUT2D eigenvalue weighted by molar-refractivity contribution is 7.99. The van der Waals surface area contributed by atoms with E-state index >= 15 is 0 Å². The molecule has 0 aliphatic carbocycles. The summed E-state index contributed by atoms with van der Waals surface area (Å²) in [7, 11) is 0.250. The number of benzene rings is 1. The van der Waals surface area contributed by atoms with E-state index in [4.69, 9.17) is 0 Å². The summed E-state index contributed by atoms with van der Waals surface area (Å²) < 4.78 is 26.6. The molecule has 0 amide bonds. The van der Waals surface area contributed by atoms with Crippen LogP contribution in [0.2, 0.25) is 0 Å². The summed E-state index contributed by atoms with van der Waals surface area (Å²) in [5.41, 5.74) is 1.15. The Morgan fingerprint density at radius 3 is 2.60 bits per heavy atom. The van der Waals surface area contributed by atoms with Gasteiger partial charge in [0.2, 0.25) is 10.0 Å². The van der Waals surface area contributed by atoms with Crippen LogP contribution in [-0.4, -0.2) is 50.9 Å². The van der Waals surface area contributed by atoms with Crippen LogP contribution >= 0.6 is 11.8 Å². The number of rotatable bonds is 6. The molecule has 6 heteroatoms. The summed E-state index contributed by atoms with van der Waals surface area (Å²) in [5, 5.41) is 3.09. The molecule has 1 aliphatic rings. The SMILES string of the molecule is CNCCc1ccc(S(=O)(=O)N(C)C2CCSC2)cc1. The van der Waals surface area contributed by atoms with Crippen molar-refractivity contribution < 1.29 is 8.42 Å². The Kier molecular flexibility index (Phi) is 5.49. The minimum atomic E-state index is -3.36. The number of hydrogen-bond acceptors (Lipinski definition) is 4.